The number of hydrogen-bond acceptors (Lipinski definition) is 4. The van der Waals surface area contributed by atoms with Gasteiger partial charge < -0.3 is 14.9 Å². The Hall–Kier alpha value is -1.82. The minimum atomic E-state index is -1.05. The summed E-state index contributed by atoms with van der Waals surface area (Å²) < 4.78 is 0. The molecule has 1 aromatic heterocycles. The van der Waals surface area contributed by atoms with Crippen molar-refractivity contribution in [1.82, 2.24) is 9.88 Å². The van der Waals surface area contributed by atoms with E-state index in [9.17, 15) is 9.59 Å². The zero-order chi connectivity index (χ0) is 15.1. The van der Waals surface area contributed by atoms with Gasteiger partial charge in [0.25, 0.3) is 0 Å². The number of carbonyl (C=O) groups excluding carboxylic acids is 1. The number of nitrogens with zero attached hydrogens (tertiary/aromatic N) is 3. The molecule has 112 valence electrons. The first-order valence-electron chi connectivity index (χ1n) is 6.86. The molecule has 2 saturated heterocycles. The van der Waals surface area contributed by atoms with Gasteiger partial charge in [-0.1, -0.05) is 11.6 Å². The Morgan fingerprint density at radius 2 is 2.24 bits per heavy atom. The number of halogens is 1. The Labute approximate surface area is 127 Å². The Balaban J connectivity index is 1.83. The van der Waals surface area contributed by atoms with Crippen molar-refractivity contribution in [2.45, 2.75) is 6.42 Å². The third-order valence-electron chi connectivity index (χ3n) is 4.34. The maximum Gasteiger partial charge on any atom is 0.337 e. The second-order valence-corrected chi connectivity index (χ2v) is 6.06. The van der Waals surface area contributed by atoms with Gasteiger partial charge in [-0.2, -0.15) is 0 Å². The van der Waals surface area contributed by atoms with E-state index in [1.54, 1.807) is 4.90 Å². The second-order valence-electron chi connectivity index (χ2n) is 5.65. The first-order valence-corrected chi connectivity index (χ1v) is 7.24. The number of pyridine rings is 1. The van der Waals surface area contributed by atoms with E-state index >= 15 is 0 Å². The first kappa shape index (κ1) is 14.1. The Bertz CT molecular complexity index is 607. The van der Waals surface area contributed by atoms with E-state index < -0.39 is 5.97 Å². The number of hydrogen-bond donors (Lipinski definition) is 1. The molecule has 0 aliphatic carbocycles. The van der Waals surface area contributed by atoms with Crippen molar-refractivity contribution in [1.29, 1.82) is 0 Å². The molecule has 3 rings (SSSR count). The van der Waals surface area contributed by atoms with Crippen molar-refractivity contribution in [3.8, 4) is 0 Å². The van der Waals surface area contributed by atoms with E-state index in [-0.39, 0.29) is 17.4 Å². The fraction of sp³-hybridized carbons (Fsp3) is 0.500. The summed E-state index contributed by atoms with van der Waals surface area (Å²) in [4.78, 5) is 31.0. The van der Waals surface area contributed by atoms with Gasteiger partial charge in [0.1, 0.15) is 5.82 Å². The average Bonchev–Trinajstić information content (AvgIpc) is 2.87. The van der Waals surface area contributed by atoms with Gasteiger partial charge >= 0.3 is 5.97 Å². The number of rotatable bonds is 2. The summed E-state index contributed by atoms with van der Waals surface area (Å²) in [6.45, 7) is 2.11. The van der Waals surface area contributed by atoms with Crippen LogP contribution in [-0.4, -0.2) is 53.5 Å². The minimum absolute atomic E-state index is 0.0132. The van der Waals surface area contributed by atoms with Crippen LogP contribution in [0.4, 0.5) is 5.82 Å². The zero-order valence-electron chi connectivity index (χ0n) is 11.6. The second kappa shape index (κ2) is 5.18. The predicted molar refractivity (Wildman–Crippen MR) is 77.7 cm³/mol. The van der Waals surface area contributed by atoms with Gasteiger partial charge in [0.05, 0.1) is 16.5 Å². The normalized spacial score (nSPS) is 25.1. The molecule has 2 fully saturated rings. The zero-order valence-corrected chi connectivity index (χ0v) is 12.4. The molecular formula is C14H16ClN3O3. The Morgan fingerprint density at radius 3 is 2.90 bits per heavy atom. The van der Waals surface area contributed by atoms with Crippen molar-refractivity contribution in [3.63, 3.8) is 0 Å². The van der Waals surface area contributed by atoms with Crippen molar-refractivity contribution in [3.05, 3.63) is 22.8 Å². The summed E-state index contributed by atoms with van der Waals surface area (Å²) in [7, 11) is 1.83. The van der Waals surface area contributed by atoms with Gasteiger partial charge in [-0.3, -0.25) is 4.79 Å². The number of fused-ring (bicyclic) bond motifs is 1. The van der Waals surface area contributed by atoms with Crippen LogP contribution in [0.2, 0.25) is 5.02 Å². The van der Waals surface area contributed by atoms with Crippen LogP contribution in [0, 0.1) is 11.8 Å². The van der Waals surface area contributed by atoms with Gasteiger partial charge in [-0.25, -0.2) is 9.78 Å². The van der Waals surface area contributed by atoms with Crippen LogP contribution in [0.3, 0.4) is 0 Å². The maximum absolute atomic E-state index is 12.2. The van der Waals surface area contributed by atoms with Gasteiger partial charge in [-0.15, -0.1) is 0 Å². The standard InChI is InChI=1S/C14H16ClN3O3/c1-17-3-2-8-6-18(7-10(8)13(17)19)12-11(15)4-9(5-16-12)14(20)21/h4-5,8,10H,2-3,6-7H2,1H3,(H,20,21)/t8-,10+/m1/s1. The van der Waals surface area contributed by atoms with Crippen molar-refractivity contribution in [2.24, 2.45) is 11.8 Å². The van der Waals surface area contributed by atoms with Crippen molar-refractivity contribution >= 4 is 29.3 Å². The highest BCUT2D eigenvalue weighted by atomic mass is 35.5. The summed E-state index contributed by atoms with van der Waals surface area (Å²) >= 11 is 6.15. The number of piperidine rings is 1. The minimum Gasteiger partial charge on any atom is -0.478 e. The first-order chi connectivity index (χ1) is 9.97. The molecule has 7 heteroatoms. The van der Waals surface area contributed by atoms with Crippen molar-refractivity contribution in [2.75, 3.05) is 31.6 Å². The molecule has 0 spiro atoms. The largest absolute Gasteiger partial charge is 0.478 e. The van der Waals surface area contributed by atoms with E-state index in [1.807, 2.05) is 11.9 Å². The lowest BCUT2D eigenvalue weighted by molar-refractivity contribution is -0.137. The number of aromatic nitrogens is 1. The summed E-state index contributed by atoms with van der Waals surface area (Å²) in [6.07, 6.45) is 2.29. The monoisotopic (exact) mass is 309 g/mol. The molecule has 0 bridgehead atoms. The van der Waals surface area contributed by atoms with Crippen molar-refractivity contribution < 1.29 is 14.7 Å². The lowest BCUT2D eigenvalue weighted by atomic mass is 9.88. The molecule has 21 heavy (non-hydrogen) atoms. The van der Waals surface area contributed by atoms with Crippen LogP contribution in [0.15, 0.2) is 12.3 Å². The summed E-state index contributed by atoms with van der Waals surface area (Å²) in [5.41, 5.74) is 0.0659. The van der Waals surface area contributed by atoms with E-state index in [0.29, 0.717) is 23.3 Å². The maximum atomic E-state index is 12.2. The molecule has 3 heterocycles. The highest BCUT2D eigenvalue weighted by Gasteiger charge is 2.42. The SMILES string of the molecule is CN1CC[C@@H]2CN(c3ncc(C(=O)O)cc3Cl)C[C@@H]2C1=O. The number of aromatic carboxylic acids is 1. The number of anilines is 1. The van der Waals surface area contributed by atoms with Gasteiger partial charge in [0.2, 0.25) is 5.91 Å². The molecule has 2 aliphatic rings. The number of carboxylic acids is 1. The van der Waals surface area contributed by atoms with Crippen LogP contribution in [0.5, 0.6) is 0 Å². The topological polar surface area (TPSA) is 73.7 Å². The van der Waals surface area contributed by atoms with Crippen LogP contribution in [0.25, 0.3) is 0 Å². The van der Waals surface area contributed by atoms with E-state index in [2.05, 4.69) is 4.98 Å². The Kier molecular flexibility index (Phi) is 3.49. The van der Waals surface area contributed by atoms with Crippen LogP contribution >= 0.6 is 11.6 Å². The molecular weight excluding hydrogens is 294 g/mol. The van der Waals surface area contributed by atoms with Crippen LogP contribution in [0.1, 0.15) is 16.8 Å². The summed E-state index contributed by atoms with van der Waals surface area (Å²) in [5.74, 6) is -0.00660. The molecule has 0 unspecified atom stereocenters. The molecule has 6 nitrogen and oxygen atoms in total. The quantitative estimate of drug-likeness (QED) is 0.892. The average molecular weight is 310 g/mol. The number of carboxylic acid groups (broad SMARTS) is 1. The fourth-order valence-electron chi connectivity index (χ4n) is 3.15. The molecule has 1 amide bonds. The number of likely N-dealkylation sites (tertiary alicyclic amines) is 1. The van der Waals surface area contributed by atoms with Crippen LogP contribution < -0.4 is 4.90 Å². The lowest BCUT2D eigenvalue weighted by Crippen LogP contribution is -2.42. The van der Waals surface area contributed by atoms with Crippen LogP contribution in [-0.2, 0) is 4.79 Å². The molecule has 1 aromatic rings. The molecule has 0 radical (unpaired) electrons. The number of carbonyl (C=O) groups is 2. The van der Waals surface area contributed by atoms with Gasteiger partial charge in [-0.05, 0) is 18.4 Å². The summed E-state index contributed by atoms with van der Waals surface area (Å²) in [5, 5.41) is 9.25. The van der Waals surface area contributed by atoms with Gasteiger partial charge in [0, 0.05) is 32.9 Å². The number of amides is 1. The third-order valence-corrected chi connectivity index (χ3v) is 4.62. The van der Waals surface area contributed by atoms with Gasteiger partial charge in [0.15, 0.2) is 0 Å². The third kappa shape index (κ3) is 2.44. The predicted octanol–water partition coefficient (Wildman–Crippen LogP) is 1.35. The molecule has 2 atom stereocenters. The molecule has 0 aromatic carbocycles. The smallest absolute Gasteiger partial charge is 0.337 e. The highest BCUT2D eigenvalue weighted by Crippen LogP contribution is 2.36. The highest BCUT2D eigenvalue weighted by molar-refractivity contribution is 6.33. The summed E-state index contributed by atoms with van der Waals surface area (Å²) in [6, 6.07) is 1.40. The fourth-order valence-corrected chi connectivity index (χ4v) is 3.44. The van der Waals surface area contributed by atoms with E-state index in [4.69, 9.17) is 16.7 Å². The van der Waals surface area contributed by atoms with E-state index in [0.717, 1.165) is 19.5 Å². The molecule has 2 aliphatic heterocycles. The Morgan fingerprint density at radius 1 is 1.48 bits per heavy atom. The van der Waals surface area contributed by atoms with E-state index in [1.165, 1.54) is 12.3 Å². The lowest BCUT2D eigenvalue weighted by Gasteiger charge is -2.30. The molecule has 0 saturated carbocycles. The molecule has 1 N–H and O–H groups in total.